The molecule has 0 bridgehead atoms. The molecule has 0 aliphatic heterocycles. The lowest BCUT2D eigenvalue weighted by Gasteiger charge is -2.42. The van der Waals surface area contributed by atoms with Gasteiger partial charge >= 0.3 is 0 Å². The molecule has 1 aliphatic carbocycles. The first-order chi connectivity index (χ1) is 8.49. The molecule has 1 aliphatic rings. The van der Waals surface area contributed by atoms with Crippen molar-refractivity contribution in [2.24, 2.45) is 17.8 Å². The predicted octanol–water partition coefficient (Wildman–Crippen LogP) is 3.38. The second-order valence-electron chi connectivity index (χ2n) is 6.58. The van der Waals surface area contributed by atoms with Crippen molar-refractivity contribution in [3.63, 3.8) is 0 Å². The minimum Gasteiger partial charge on any atom is -0.314 e. The van der Waals surface area contributed by atoms with E-state index in [2.05, 4.69) is 51.9 Å². The molecule has 0 aromatic rings. The van der Waals surface area contributed by atoms with E-state index in [-0.39, 0.29) is 0 Å². The smallest absolute Gasteiger partial charge is 0.0112 e. The first-order valence-electron chi connectivity index (χ1n) is 7.93. The number of nitrogens with zero attached hydrogens (tertiary/aromatic N) is 1. The van der Waals surface area contributed by atoms with Crippen LogP contribution in [0.5, 0.6) is 0 Å². The van der Waals surface area contributed by atoms with Gasteiger partial charge < -0.3 is 10.2 Å². The van der Waals surface area contributed by atoms with Crippen molar-refractivity contribution < 1.29 is 0 Å². The van der Waals surface area contributed by atoms with Crippen LogP contribution in [0, 0.1) is 17.8 Å². The highest BCUT2D eigenvalue weighted by molar-refractivity contribution is 4.89. The molecular weight excluding hydrogens is 220 g/mol. The Morgan fingerprint density at radius 1 is 1.22 bits per heavy atom. The van der Waals surface area contributed by atoms with E-state index in [1.165, 1.54) is 25.8 Å². The van der Waals surface area contributed by atoms with Gasteiger partial charge in [0.15, 0.2) is 0 Å². The van der Waals surface area contributed by atoms with Gasteiger partial charge in [-0.25, -0.2) is 0 Å². The molecule has 5 unspecified atom stereocenters. The third-order valence-electron chi connectivity index (χ3n) is 4.99. The minimum absolute atomic E-state index is 0.707. The van der Waals surface area contributed by atoms with Crippen LogP contribution < -0.4 is 5.32 Å². The van der Waals surface area contributed by atoms with Gasteiger partial charge in [0, 0.05) is 18.6 Å². The van der Waals surface area contributed by atoms with Gasteiger partial charge in [-0.2, -0.15) is 0 Å². The highest BCUT2D eigenvalue weighted by Crippen LogP contribution is 2.34. The Morgan fingerprint density at radius 3 is 2.44 bits per heavy atom. The van der Waals surface area contributed by atoms with E-state index in [4.69, 9.17) is 0 Å². The fourth-order valence-electron chi connectivity index (χ4n) is 3.54. The molecule has 0 spiro atoms. The Labute approximate surface area is 115 Å². The zero-order chi connectivity index (χ0) is 13.7. The molecule has 5 atom stereocenters. The lowest BCUT2D eigenvalue weighted by Crippen LogP contribution is -2.49. The van der Waals surface area contributed by atoms with E-state index in [1.54, 1.807) is 0 Å². The van der Waals surface area contributed by atoms with E-state index < -0.39 is 0 Å². The molecule has 18 heavy (non-hydrogen) atoms. The summed E-state index contributed by atoms with van der Waals surface area (Å²) in [6, 6.07) is 1.43. The van der Waals surface area contributed by atoms with Gasteiger partial charge in [0.1, 0.15) is 0 Å². The van der Waals surface area contributed by atoms with E-state index in [9.17, 15) is 0 Å². The monoisotopic (exact) mass is 254 g/mol. The minimum atomic E-state index is 0.707. The van der Waals surface area contributed by atoms with Crippen LogP contribution in [0.15, 0.2) is 0 Å². The molecule has 1 rings (SSSR count). The van der Waals surface area contributed by atoms with Crippen LogP contribution >= 0.6 is 0 Å². The molecule has 2 nitrogen and oxygen atoms in total. The number of nitrogens with one attached hydrogen (secondary N) is 1. The molecule has 0 amide bonds. The van der Waals surface area contributed by atoms with E-state index in [0.717, 1.165) is 30.3 Å². The van der Waals surface area contributed by atoms with Crippen LogP contribution in [0.1, 0.15) is 53.9 Å². The quantitative estimate of drug-likeness (QED) is 0.782. The van der Waals surface area contributed by atoms with E-state index in [1.807, 2.05) is 0 Å². The third-order valence-corrected chi connectivity index (χ3v) is 4.99. The summed E-state index contributed by atoms with van der Waals surface area (Å²) < 4.78 is 0. The zero-order valence-electron chi connectivity index (χ0n) is 13.4. The first-order valence-corrected chi connectivity index (χ1v) is 7.93. The van der Waals surface area contributed by atoms with Crippen LogP contribution in [0.3, 0.4) is 0 Å². The van der Waals surface area contributed by atoms with Crippen molar-refractivity contribution in [3.8, 4) is 0 Å². The Bertz CT molecular complexity index is 229. The van der Waals surface area contributed by atoms with Crippen molar-refractivity contribution in [3.05, 3.63) is 0 Å². The van der Waals surface area contributed by atoms with Gasteiger partial charge in [-0.05, 0) is 57.5 Å². The van der Waals surface area contributed by atoms with Gasteiger partial charge in [-0.15, -0.1) is 0 Å². The largest absolute Gasteiger partial charge is 0.314 e. The lowest BCUT2D eigenvalue weighted by atomic mass is 9.72. The molecule has 2 heteroatoms. The standard InChI is InChI=1S/C16H34N2/c1-7-14(5)18(6)11-15-13(4)9-12(3)10-16(15)17-8-2/h12-17H,7-11H2,1-6H3. The molecule has 1 fully saturated rings. The van der Waals surface area contributed by atoms with Crippen LogP contribution in [-0.4, -0.2) is 37.1 Å². The van der Waals surface area contributed by atoms with Crippen molar-refractivity contribution in [2.75, 3.05) is 20.1 Å². The van der Waals surface area contributed by atoms with Crippen LogP contribution in [-0.2, 0) is 0 Å². The summed E-state index contributed by atoms with van der Waals surface area (Å²) in [6.07, 6.45) is 4.01. The zero-order valence-corrected chi connectivity index (χ0v) is 13.4. The van der Waals surface area contributed by atoms with Gasteiger partial charge in [0.05, 0.1) is 0 Å². The molecule has 0 aromatic heterocycles. The normalized spacial score (nSPS) is 34.8. The maximum atomic E-state index is 3.73. The highest BCUT2D eigenvalue weighted by Gasteiger charge is 2.34. The fourth-order valence-corrected chi connectivity index (χ4v) is 3.54. The lowest BCUT2D eigenvalue weighted by molar-refractivity contribution is 0.0971. The summed E-state index contributed by atoms with van der Waals surface area (Å²) in [4.78, 5) is 2.56. The summed E-state index contributed by atoms with van der Waals surface area (Å²) in [5, 5.41) is 3.73. The predicted molar refractivity (Wildman–Crippen MR) is 80.9 cm³/mol. The second-order valence-corrected chi connectivity index (χ2v) is 6.58. The molecule has 0 aromatic carbocycles. The highest BCUT2D eigenvalue weighted by atomic mass is 15.1. The van der Waals surface area contributed by atoms with Crippen molar-refractivity contribution >= 4 is 0 Å². The SMILES string of the molecule is CCNC1CC(C)CC(C)C1CN(C)C(C)CC. The average molecular weight is 254 g/mol. The van der Waals surface area contributed by atoms with Crippen molar-refractivity contribution in [1.82, 2.24) is 10.2 Å². The second kappa shape index (κ2) is 7.49. The van der Waals surface area contributed by atoms with Gasteiger partial charge in [-0.3, -0.25) is 0 Å². The first kappa shape index (κ1) is 16.0. The molecule has 1 N–H and O–H groups in total. The molecule has 108 valence electrons. The van der Waals surface area contributed by atoms with Crippen LogP contribution in [0.4, 0.5) is 0 Å². The van der Waals surface area contributed by atoms with E-state index >= 15 is 0 Å². The Hall–Kier alpha value is -0.0800. The average Bonchev–Trinajstić information content (AvgIpc) is 2.32. The molecule has 1 saturated carbocycles. The Balaban J connectivity index is 2.63. The van der Waals surface area contributed by atoms with Crippen molar-refractivity contribution in [2.45, 2.75) is 66.0 Å². The molecular formula is C16H34N2. The summed E-state index contributed by atoms with van der Waals surface area (Å²) in [5.74, 6) is 2.55. The van der Waals surface area contributed by atoms with Gasteiger partial charge in [0.2, 0.25) is 0 Å². The topological polar surface area (TPSA) is 15.3 Å². The number of rotatable bonds is 6. The summed E-state index contributed by atoms with van der Waals surface area (Å²) in [7, 11) is 2.29. The number of hydrogen-bond donors (Lipinski definition) is 1. The Morgan fingerprint density at radius 2 is 1.89 bits per heavy atom. The summed E-state index contributed by atoms with van der Waals surface area (Å²) in [6.45, 7) is 14.1. The Kier molecular flexibility index (Phi) is 6.65. The number of hydrogen-bond acceptors (Lipinski definition) is 2. The van der Waals surface area contributed by atoms with Gasteiger partial charge in [0.25, 0.3) is 0 Å². The van der Waals surface area contributed by atoms with Crippen molar-refractivity contribution in [1.29, 1.82) is 0 Å². The summed E-state index contributed by atoms with van der Waals surface area (Å²) >= 11 is 0. The molecule has 0 heterocycles. The fraction of sp³-hybridized carbons (Fsp3) is 1.00. The third kappa shape index (κ3) is 4.24. The summed E-state index contributed by atoms with van der Waals surface area (Å²) in [5.41, 5.74) is 0. The maximum absolute atomic E-state index is 3.73. The van der Waals surface area contributed by atoms with Gasteiger partial charge in [-0.1, -0.05) is 27.7 Å². The van der Waals surface area contributed by atoms with Crippen LogP contribution in [0.25, 0.3) is 0 Å². The van der Waals surface area contributed by atoms with Crippen LogP contribution in [0.2, 0.25) is 0 Å². The molecule has 0 saturated heterocycles. The molecule has 0 radical (unpaired) electrons. The maximum Gasteiger partial charge on any atom is 0.0112 e. The van der Waals surface area contributed by atoms with E-state index in [0.29, 0.717) is 6.04 Å².